The molecule has 0 amide bonds. The lowest BCUT2D eigenvalue weighted by Gasteiger charge is -2.36. The van der Waals surface area contributed by atoms with Gasteiger partial charge in [-0.1, -0.05) is 0 Å². The fourth-order valence-electron chi connectivity index (χ4n) is 2.20. The van der Waals surface area contributed by atoms with Gasteiger partial charge in [-0.3, -0.25) is 4.90 Å². The SMILES string of the molecule is COCc1cc(N)nc(C2CN(C)CCN2C)n1. The summed E-state index contributed by atoms with van der Waals surface area (Å²) in [6.45, 7) is 3.47. The van der Waals surface area contributed by atoms with Gasteiger partial charge in [-0.05, 0) is 14.1 Å². The minimum atomic E-state index is 0.197. The first-order valence-corrected chi connectivity index (χ1v) is 6.11. The lowest BCUT2D eigenvalue weighted by atomic mass is 10.1. The van der Waals surface area contributed by atoms with Gasteiger partial charge in [0.25, 0.3) is 0 Å². The van der Waals surface area contributed by atoms with Crippen LogP contribution in [0.5, 0.6) is 0 Å². The van der Waals surface area contributed by atoms with Crippen LogP contribution in [0.4, 0.5) is 5.82 Å². The second-order valence-electron chi connectivity index (χ2n) is 4.83. The Bertz CT molecular complexity index is 411. The van der Waals surface area contributed by atoms with Crippen LogP contribution in [0.25, 0.3) is 0 Å². The molecule has 0 spiro atoms. The normalized spacial score (nSPS) is 22.3. The number of hydrogen-bond acceptors (Lipinski definition) is 6. The molecule has 0 saturated carbocycles. The van der Waals surface area contributed by atoms with Crippen LogP contribution < -0.4 is 5.73 Å². The van der Waals surface area contributed by atoms with Crippen LogP contribution in [0.15, 0.2) is 6.07 Å². The molecule has 1 aliphatic heterocycles. The van der Waals surface area contributed by atoms with E-state index in [4.69, 9.17) is 10.5 Å². The van der Waals surface area contributed by atoms with Gasteiger partial charge in [-0.2, -0.15) is 0 Å². The lowest BCUT2D eigenvalue weighted by Crippen LogP contribution is -2.45. The standard InChI is InChI=1S/C12H21N5O/c1-16-4-5-17(2)10(7-16)12-14-9(8-18-3)6-11(13)15-12/h6,10H,4-5,7-8H2,1-3H3,(H2,13,14,15). The number of likely N-dealkylation sites (N-methyl/N-ethyl adjacent to an activating group) is 2. The molecule has 6 heteroatoms. The quantitative estimate of drug-likeness (QED) is 0.823. The van der Waals surface area contributed by atoms with Gasteiger partial charge >= 0.3 is 0 Å². The summed E-state index contributed by atoms with van der Waals surface area (Å²) in [5, 5.41) is 0. The largest absolute Gasteiger partial charge is 0.384 e. The number of rotatable bonds is 3. The Balaban J connectivity index is 2.25. The van der Waals surface area contributed by atoms with Gasteiger partial charge in [0.1, 0.15) is 11.6 Å². The molecular formula is C12H21N5O. The summed E-state index contributed by atoms with van der Waals surface area (Å²) in [4.78, 5) is 13.5. The minimum absolute atomic E-state index is 0.197. The third-order valence-electron chi connectivity index (χ3n) is 3.26. The fourth-order valence-corrected chi connectivity index (χ4v) is 2.20. The van der Waals surface area contributed by atoms with Crippen LogP contribution in [0, 0.1) is 0 Å². The smallest absolute Gasteiger partial charge is 0.149 e. The number of piperazine rings is 1. The molecule has 1 fully saturated rings. The first kappa shape index (κ1) is 13.2. The number of nitrogen functional groups attached to an aromatic ring is 1. The topological polar surface area (TPSA) is 67.5 Å². The summed E-state index contributed by atoms with van der Waals surface area (Å²) in [7, 11) is 5.86. The molecule has 2 N–H and O–H groups in total. The van der Waals surface area contributed by atoms with Crippen molar-refractivity contribution in [1.29, 1.82) is 0 Å². The molecule has 2 rings (SSSR count). The molecule has 1 aromatic heterocycles. The number of aromatic nitrogens is 2. The number of methoxy groups -OCH3 is 1. The highest BCUT2D eigenvalue weighted by Crippen LogP contribution is 2.21. The van der Waals surface area contributed by atoms with Crippen molar-refractivity contribution in [3.63, 3.8) is 0 Å². The van der Waals surface area contributed by atoms with Gasteiger partial charge in [-0.25, -0.2) is 9.97 Å². The maximum Gasteiger partial charge on any atom is 0.149 e. The van der Waals surface area contributed by atoms with Crippen LogP contribution >= 0.6 is 0 Å². The summed E-state index contributed by atoms with van der Waals surface area (Å²) in [6, 6.07) is 1.96. The van der Waals surface area contributed by atoms with E-state index in [1.165, 1.54) is 0 Å². The molecule has 0 bridgehead atoms. The van der Waals surface area contributed by atoms with E-state index < -0.39 is 0 Å². The second-order valence-corrected chi connectivity index (χ2v) is 4.83. The van der Waals surface area contributed by atoms with E-state index in [0.29, 0.717) is 12.4 Å². The Hall–Kier alpha value is -1.24. The van der Waals surface area contributed by atoms with E-state index in [1.807, 2.05) is 0 Å². The maximum atomic E-state index is 5.84. The first-order chi connectivity index (χ1) is 8.60. The second kappa shape index (κ2) is 5.60. The van der Waals surface area contributed by atoms with Gasteiger partial charge in [0.05, 0.1) is 18.3 Å². The van der Waals surface area contributed by atoms with Crippen molar-refractivity contribution >= 4 is 5.82 Å². The van der Waals surface area contributed by atoms with Crippen LogP contribution in [0.3, 0.4) is 0 Å². The Morgan fingerprint density at radius 2 is 2.17 bits per heavy atom. The Kier molecular flexibility index (Phi) is 4.11. The van der Waals surface area contributed by atoms with Crippen LogP contribution in [0.1, 0.15) is 17.6 Å². The van der Waals surface area contributed by atoms with Crippen LogP contribution in [0.2, 0.25) is 0 Å². The molecule has 18 heavy (non-hydrogen) atoms. The van der Waals surface area contributed by atoms with Gasteiger partial charge in [-0.15, -0.1) is 0 Å². The molecule has 1 aliphatic rings. The van der Waals surface area contributed by atoms with E-state index in [0.717, 1.165) is 31.2 Å². The predicted molar refractivity (Wildman–Crippen MR) is 70.0 cm³/mol. The summed E-state index contributed by atoms with van der Waals surface area (Å²) in [5.41, 5.74) is 6.67. The van der Waals surface area contributed by atoms with Crippen LogP contribution in [-0.2, 0) is 11.3 Å². The van der Waals surface area contributed by atoms with E-state index >= 15 is 0 Å². The van der Waals surface area contributed by atoms with Crippen LogP contribution in [-0.4, -0.2) is 60.6 Å². The predicted octanol–water partition coefficient (Wildman–Crippen LogP) is 0.124. The fraction of sp³-hybridized carbons (Fsp3) is 0.667. The third-order valence-corrected chi connectivity index (χ3v) is 3.26. The number of anilines is 1. The zero-order chi connectivity index (χ0) is 13.1. The van der Waals surface area contributed by atoms with E-state index in [1.54, 1.807) is 13.2 Å². The lowest BCUT2D eigenvalue weighted by molar-refractivity contribution is 0.109. The van der Waals surface area contributed by atoms with Crippen molar-refractivity contribution in [2.45, 2.75) is 12.6 Å². The van der Waals surface area contributed by atoms with E-state index in [9.17, 15) is 0 Å². The Morgan fingerprint density at radius 3 is 2.89 bits per heavy atom. The monoisotopic (exact) mass is 251 g/mol. The van der Waals surface area contributed by atoms with Crippen molar-refractivity contribution in [2.75, 3.05) is 46.6 Å². The molecule has 1 atom stereocenters. The molecule has 6 nitrogen and oxygen atoms in total. The van der Waals surface area contributed by atoms with Crippen molar-refractivity contribution in [2.24, 2.45) is 0 Å². The minimum Gasteiger partial charge on any atom is -0.384 e. The average Bonchev–Trinajstić information content (AvgIpc) is 2.32. The Morgan fingerprint density at radius 1 is 1.39 bits per heavy atom. The molecule has 1 unspecified atom stereocenters. The summed E-state index contributed by atoms with van der Waals surface area (Å²) in [5.74, 6) is 1.30. The molecular weight excluding hydrogens is 230 g/mol. The highest BCUT2D eigenvalue weighted by Gasteiger charge is 2.26. The summed E-state index contributed by atoms with van der Waals surface area (Å²) >= 11 is 0. The highest BCUT2D eigenvalue weighted by atomic mass is 16.5. The third kappa shape index (κ3) is 2.95. The number of hydrogen-bond donors (Lipinski definition) is 1. The zero-order valence-corrected chi connectivity index (χ0v) is 11.3. The number of ether oxygens (including phenoxy) is 1. The molecule has 0 aromatic carbocycles. The molecule has 2 heterocycles. The summed E-state index contributed by atoms with van der Waals surface area (Å²) in [6.07, 6.45) is 0. The zero-order valence-electron chi connectivity index (χ0n) is 11.3. The van der Waals surface area contributed by atoms with Gasteiger partial charge in [0.2, 0.25) is 0 Å². The molecule has 0 aliphatic carbocycles. The van der Waals surface area contributed by atoms with Crippen molar-refractivity contribution < 1.29 is 4.74 Å². The number of nitrogens with two attached hydrogens (primary N) is 1. The van der Waals surface area contributed by atoms with E-state index in [2.05, 4.69) is 33.9 Å². The molecule has 1 aromatic rings. The average molecular weight is 251 g/mol. The molecule has 100 valence electrons. The van der Waals surface area contributed by atoms with E-state index in [-0.39, 0.29) is 6.04 Å². The molecule has 0 radical (unpaired) electrons. The van der Waals surface area contributed by atoms with Gasteiger partial charge in [0.15, 0.2) is 0 Å². The van der Waals surface area contributed by atoms with Gasteiger partial charge < -0.3 is 15.4 Å². The van der Waals surface area contributed by atoms with Crippen molar-refractivity contribution in [3.8, 4) is 0 Å². The summed E-state index contributed by atoms with van der Waals surface area (Å²) < 4.78 is 5.10. The highest BCUT2D eigenvalue weighted by molar-refractivity contribution is 5.30. The molecule has 1 saturated heterocycles. The van der Waals surface area contributed by atoms with Crippen molar-refractivity contribution in [1.82, 2.24) is 19.8 Å². The maximum absolute atomic E-state index is 5.84. The number of nitrogens with zero attached hydrogens (tertiary/aromatic N) is 4. The Labute approximate surface area is 108 Å². The van der Waals surface area contributed by atoms with Crippen molar-refractivity contribution in [3.05, 3.63) is 17.6 Å². The first-order valence-electron chi connectivity index (χ1n) is 6.11. The van der Waals surface area contributed by atoms with Gasteiger partial charge in [0, 0.05) is 32.8 Å².